The number of aromatic nitrogens is 4. The van der Waals surface area contributed by atoms with Crippen molar-refractivity contribution in [3.05, 3.63) is 84.6 Å². The third kappa shape index (κ3) is 8.47. The van der Waals surface area contributed by atoms with Crippen LogP contribution in [-0.4, -0.2) is 93.4 Å². The molecule has 304 valence electrons. The van der Waals surface area contributed by atoms with Gasteiger partial charge in [-0.1, -0.05) is 82.3 Å². The number of methoxy groups -OCH3 is 1. The van der Waals surface area contributed by atoms with Crippen LogP contribution >= 0.6 is 0 Å². The van der Waals surface area contributed by atoms with E-state index in [1.807, 2.05) is 49.8 Å². The predicted octanol–water partition coefficient (Wildman–Crippen LogP) is 7.63. The van der Waals surface area contributed by atoms with Crippen molar-refractivity contribution in [1.29, 1.82) is 0 Å². The largest absolute Gasteiger partial charge is 0.453 e. The Hall–Kier alpha value is -6.02. The molecule has 4 atom stereocenters. The topological polar surface area (TPSA) is 167 Å². The normalized spacial score (nSPS) is 18.1. The van der Waals surface area contributed by atoms with E-state index in [0.717, 1.165) is 81.9 Å². The molecule has 0 spiro atoms. The summed E-state index contributed by atoms with van der Waals surface area (Å²) in [6.07, 6.45) is 5.76. The van der Waals surface area contributed by atoms with Crippen LogP contribution in [0.1, 0.15) is 77.1 Å². The number of hydrogen-bond donors (Lipinski definition) is 3. The number of ether oxygens (including phenoxy) is 1. The molecule has 4 heterocycles. The van der Waals surface area contributed by atoms with Gasteiger partial charge in [-0.25, -0.2) is 19.8 Å². The van der Waals surface area contributed by atoms with Gasteiger partial charge in [0.15, 0.2) is 0 Å². The Kier molecular flexibility index (Phi) is 12.2. The summed E-state index contributed by atoms with van der Waals surface area (Å²) in [6.45, 7) is 9.00. The Bertz CT molecular complexity index is 2250. The second kappa shape index (κ2) is 17.6. The highest BCUT2D eigenvalue weighted by Gasteiger charge is 2.38. The van der Waals surface area contributed by atoms with Gasteiger partial charge in [-0.2, -0.15) is 4.89 Å². The molecule has 0 unspecified atom stereocenters. The van der Waals surface area contributed by atoms with Crippen LogP contribution in [0.4, 0.5) is 4.79 Å². The molecule has 2 fully saturated rings. The van der Waals surface area contributed by atoms with E-state index in [1.165, 1.54) is 20.6 Å². The molecule has 58 heavy (non-hydrogen) atoms. The maximum atomic E-state index is 13.6. The molecule has 3 aromatic carbocycles. The zero-order chi connectivity index (χ0) is 40.9. The summed E-state index contributed by atoms with van der Waals surface area (Å²) in [5.41, 5.74) is 7.94. The number of aliphatic imine (C=N–C) groups is 1. The summed E-state index contributed by atoms with van der Waals surface area (Å²) in [4.78, 5) is 73.2. The van der Waals surface area contributed by atoms with Gasteiger partial charge in [0.25, 0.3) is 0 Å². The van der Waals surface area contributed by atoms with E-state index >= 15 is 0 Å². The fourth-order valence-corrected chi connectivity index (χ4v) is 8.05. The second-order valence-electron chi connectivity index (χ2n) is 15.6. The first-order chi connectivity index (χ1) is 28.1. The number of aromatic amines is 2. The van der Waals surface area contributed by atoms with Crippen LogP contribution in [-0.2, 0) is 24.1 Å². The lowest BCUT2D eigenvalue weighted by molar-refractivity contribution is -0.188. The molecule has 7 rings (SSSR count). The standard InChI is InChI=1S/C44H52N8O6/c1-26(2)38(46-25-58-57-6)42(53)51-21-7-9-36(51)40-45-24-35(49-40)31-17-15-29(16-18-31)28-11-13-30(14-12-28)32-19-20-33-34(23-32)48-41(47-33)37-10-8-22-52(37)43(54)39(27(3)4)50-44(55)56-5/h11-20,23-27,36-39H,7-10,21-22H2,1-6H3,(H,45,49)(H,47,48)(H,50,55)/t36-,37-,38-,39-/m0/s1. The van der Waals surface area contributed by atoms with Crippen LogP contribution in [0.5, 0.6) is 0 Å². The number of carbonyl (C=O) groups excluding carboxylic acids is 3. The molecular formula is C44H52N8O6. The fourth-order valence-electron chi connectivity index (χ4n) is 8.05. The second-order valence-corrected chi connectivity index (χ2v) is 15.6. The molecule has 2 aliphatic rings. The highest BCUT2D eigenvalue weighted by Crippen LogP contribution is 2.36. The van der Waals surface area contributed by atoms with E-state index in [1.54, 1.807) is 0 Å². The fraction of sp³-hybridized carbons (Fsp3) is 0.409. The molecular weight excluding hydrogens is 737 g/mol. The summed E-state index contributed by atoms with van der Waals surface area (Å²) >= 11 is 0. The minimum atomic E-state index is -0.685. The Balaban J connectivity index is 1.02. The number of carbonyl (C=O) groups is 3. The predicted molar refractivity (Wildman–Crippen MR) is 221 cm³/mol. The number of hydrogen-bond acceptors (Lipinski definition) is 9. The van der Waals surface area contributed by atoms with Crippen LogP contribution in [0.2, 0.25) is 0 Å². The van der Waals surface area contributed by atoms with Crippen LogP contribution in [0.3, 0.4) is 0 Å². The minimum absolute atomic E-state index is 0.00852. The number of imidazole rings is 2. The van der Waals surface area contributed by atoms with Crippen molar-refractivity contribution in [2.45, 2.75) is 77.5 Å². The Morgan fingerprint density at radius 1 is 0.776 bits per heavy atom. The summed E-state index contributed by atoms with van der Waals surface area (Å²) in [5, 5.41) is 2.71. The van der Waals surface area contributed by atoms with Crippen molar-refractivity contribution in [1.82, 2.24) is 35.1 Å². The molecule has 0 radical (unpaired) electrons. The van der Waals surface area contributed by atoms with E-state index in [0.29, 0.717) is 13.1 Å². The first-order valence-electron chi connectivity index (χ1n) is 20.0. The Labute approximate surface area is 338 Å². The number of fused-ring (bicyclic) bond motifs is 1. The summed E-state index contributed by atoms with van der Waals surface area (Å²) in [5.74, 6) is 1.22. The van der Waals surface area contributed by atoms with Gasteiger partial charge in [0, 0.05) is 13.1 Å². The van der Waals surface area contributed by atoms with Crippen molar-refractivity contribution in [2.75, 3.05) is 27.3 Å². The van der Waals surface area contributed by atoms with Gasteiger partial charge in [-0.15, -0.1) is 0 Å². The molecule has 2 aromatic heterocycles. The number of benzene rings is 3. The number of alkyl carbamates (subject to hydrolysis) is 1. The third-order valence-electron chi connectivity index (χ3n) is 11.2. The number of H-pyrrole nitrogens is 2. The van der Waals surface area contributed by atoms with Crippen molar-refractivity contribution >= 4 is 35.3 Å². The average Bonchev–Trinajstić information content (AvgIpc) is 4.07. The van der Waals surface area contributed by atoms with Gasteiger partial charge in [-0.05, 0) is 77.5 Å². The average molecular weight is 789 g/mol. The van der Waals surface area contributed by atoms with Gasteiger partial charge in [-0.3, -0.25) is 9.59 Å². The minimum Gasteiger partial charge on any atom is -0.453 e. The van der Waals surface area contributed by atoms with E-state index < -0.39 is 18.2 Å². The van der Waals surface area contributed by atoms with Crippen molar-refractivity contribution in [2.24, 2.45) is 16.8 Å². The Morgan fingerprint density at radius 2 is 1.36 bits per heavy atom. The van der Waals surface area contributed by atoms with Gasteiger partial charge in [0.2, 0.25) is 18.2 Å². The van der Waals surface area contributed by atoms with Gasteiger partial charge < -0.3 is 34.7 Å². The zero-order valence-electron chi connectivity index (χ0n) is 33.9. The molecule has 0 aliphatic carbocycles. The number of rotatable bonds is 13. The van der Waals surface area contributed by atoms with Crippen LogP contribution in [0.25, 0.3) is 44.5 Å². The summed E-state index contributed by atoms with van der Waals surface area (Å²) in [7, 11) is 2.69. The van der Waals surface area contributed by atoms with E-state index in [-0.39, 0.29) is 35.7 Å². The quantitative estimate of drug-likeness (QED) is 0.0474. The molecule has 14 nitrogen and oxygen atoms in total. The highest BCUT2D eigenvalue weighted by atomic mass is 17.2. The van der Waals surface area contributed by atoms with E-state index in [2.05, 4.69) is 85.8 Å². The smallest absolute Gasteiger partial charge is 0.407 e. The lowest BCUT2D eigenvalue weighted by Gasteiger charge is -2.29. The molecule has 0 saturated carbocycles. The molecule has 5 aromatic rings. The van der Waals surface area contributed by atoms with Crippen molar-refractivity contribution in [3.63, 3.8) is 0 Å². The van der Waals surface area contributed by atoms with Crippen LogP contribution in [0.15, 0.2) is 77.9 Å². The first kappa shape index (κ1) is 40.2. The van der Waals surface area contributed by atoms with Gasteiger partial charge in [0.05, 0.1) is 49.2 Å². The zero-order valence-corrected chi connectivity index (χ0v) is 33.9. The monoisotopic (exact) mass is 788 g/mol. The third-order valence-corrected chi connectivity index (χ3v) is 11.2. The molecule has 14 heteroatoms. The van der Waals surface area contributed by atoms with E-state index in [9.17, 15) is 14.4 Å². The lowest BCUT2D eigenvalue weighted by atomic mass is 9.99. The van der Waals surface area contributed by atoms with Crippen LogP contribution < -0.4 is 5.32 Å². The van der Waals surface area contributed by atoms with E-state index in [4.69, 9.17) is 19.6 Å². The molecule has 3 N–H and O–H groups in total. The first-order valence-corrected chi connectivity index (χ1v) is 20.0. The van der Waals surface area contributed by atoms with Gasteiger partial charge in [0.1, 0.15) is 23.7 Å². The Morgan fingerprint density at radius 3 is 1.97 bits per heavy atom. The number of nitrogens with one attached hydrogen (secondary N) is 3. The number of likely N-dealkylation sites (tertiary alicyclic amines) is 2. The summed E-state index contributed by atoms with van der Waals surface area (Å²) < 4.78 is 4.77. The maximum absolute atomic E-state index is 13.6. The van der Waals surface area contributed by atoms with Crippen molar-refractivity contribution < 1.29 is 28.9 Å². The highest BCUT2D eigenvalue weighted by molar-refractivity contribution is 5.87. The number of amides is 3. The molecule has 3 amide bonds. The summed E-state index contributed by atoms with van der Waals surface area (Å²) in [6, 6.07) is 21.4. The molecule has 2 aliphatic heterocycles. The lowest BCUT2D eigenvalue weighted by Crippen LogP contribution is -2.51. The van der Waals surface area contributed by atoms with Gasteiger partial charge >= 0.3 is 6.09 Å². The molecule has 0 bridgehead atoms. The SMILES string of the molecule is COOC=N[C@H](C(=O)N1CCC[C@H]1c1ncc(-c2ccc(-c3ccc(-c4ccc5nc([C@@H]6CCCN6C(=O)[C@@H](NC(=O)OC)C(C)C)[nH]c5c4)cc3)cc2)[nH]1)C(C)C. The maximum Gasteiger partial charge on any atom is 0.407 e. The molecule has 2 saturated heterocycles. The van der Waals surface area contributed by atoms with Crippen molar-refractivity contribution in [3.8, 4) is 33.5 Å². The van der Waals surface area contributed by atoms with Crippen LogP contribution in [0, 0.1) is 11.8 Å². The number of nitrogens with zero attached hydrogens (tertiary/aromatic N) is 5.